The molecule has 1 heteroatoms. The maximum absolute atomic E-state index is 5.75. The average molecular weight is 222 g/mol. The molecule has 0 bridgehead atoms. The molecule has 84 valence electrons. The minimum Gasteiger partial charge on any atom is -0.493 e. The van der Waals surface area contributed by atoms with Crippen molar-refractivity contribution in [2.45, 2.75) is 6.42 Å². The van der Waals surface area contributed by atoms with Gasteiger partial charge in [-0.05, 0) is 17.2 Å². The van der Waals surface area contributed by atoms with Gasteiger partial charge in [-0.3, -0.25) is 0 Å². The Kier molecular flexibility index (Phi) is 2.66. The molecule has 17 heavy (non-hydrogen) atoms. The predicted molar refractivity (Wildman–Crippen MR) is 70.1 cm³/mol. The first-order valence-corrected chi connectivity index (χ1v) is 5.93. The summed E-state index contributed by atoms with van der Waals surface area (Å²) in [5, 5.41) is 0. The van der Waals surface area contributed by atoms with Gasteiger partial charge in [0.2, 0.25) is 0 Å². The van der Waals surface area contributed by atoms with Gasteiger partial charge in [-0.15, -0.1) is 0 Å². The quantitative estimate of drug-likeness (QED) is 0.711. The number of fused-ring (bicyclic) bond motifs is 1. The van der Waals surface area contributed by atoms with Crippen LogP contribution in [0.1, 0.15) is 17.5 Å². The monoisotopic (exact) mass is 222 g/mol. The molecule has 3 rings (SSSR count). The Morgan fingerprint density at radius 3 is 2.47 bits per heavy atom. The van der Waals surface area contributed by atoms with Crippen LogP contribution in [0.25, 0.3) is 5.57 Å². The molecule has 0 unspecified atom stereocenters. The van der Waals surface area contributed by atoms with Crippen molar-refractivity contribution in [1.82, 2.24) is 0 Å². The van der Waals surface area contributed by atoms with Gasteiger partial charge < -0.3 is 4.74 Å². The van der Waals surface area contributed by atoms with Crippen LogP contribution in [0.4, 0.5) is 0 Å². The average Bonchev–Trinajstić information content (AvgIpc) is 2.62. The number of para-hydroxylation sites is 1. The highest BCUT2D eigenvalue weighted by Gasteiger charge is 2.12. The maximum atomic E-state index is 5.75. The normalized spacial score (nSPS) is 14.2. The van der Waals surface area contributed by atoms with Gasteiger partial charge in [-0.2, -0.15) is 0 Å². The number of hydrogen-bond acceptors (Lipinski definition) is 1. The largest absolute Gasteiger partial charge is 0.493 e. The van der Waals surface area contributed by atoms with Gasteiger partial charge in [0.25, 0.3) is 0 Å². The highest BCUT2D eigenvalue weighted by atomic mass is 16.5. The van der Waals surface area contributed by atoms with E-state index >= 15 is 0 Å². The van der Waals surface area contributed by atoms with E-state index in [0.29, 0.717) is 0 Å². The highest BCUT2D eigenvalue weighted by molar-refractivity contribution is 5.83. The van der Waals surface area contributed by atoms with E-state index in [1.54, 1.807) is 0 Å². The Morgan fingerprint density at radius 1 is 0.824 bits per heavy atom. The molecule has 0 radical (unpaired) electrons. The first-order valence-electron chi connectivity index (χ1n) is 5.93. The summed E-state index contributed by atoms with van der Waals surface area (Å²) in [7, 11) is 0. The predicted octanol–water partition coefficient (Wildman–Crippen LogP) is 3.90. The van der Waals surface area contributed by atoms with Crippen LogP contribution in [-0.4, -0.2) is 6.61 Å². The number of ether oxygens (including phenoxy) is 1. The summed E-state index contributed by atoms with van der Waals surface area (Å²) in [5.74, 6) is 0.986. The van der Waals surface area contributed by atoms with Gasteiger partial charge in [0.05, 0.1) is 6.61 Å². The van der Waals surface area contributed by atoms with E-state index in [0.717, 1.165) is 18.8 Å². The lowest BCUT2D eigenvalue weighted by atomic mass is 9.97. The molecule has 1 aliphatic heterocycles. The zero-order valence-corrected chi connectivity index (χ0v) is 9.60. The van der Waals surface area contributed by atoms with E-state index in [1.807, 2.05) is 18.2 Å². The lowest BCUT2D eigenvalue weighted by Crippen LogP contribution is -1.94. The summed E-state index contributed by atoms with van der Waals surface area (Å²) in [6.45, 7) is 0.757. The maximum Gasteiger partial charge on any atom is 0.127 e. The Morgan fingerprint density at radius 2 is 1.59 bits per heavy atom. The minimum atomic E-state index is 0.757. The lowest BCUT2D eigenvalue weighted by Gasteiger charge is -2.10. The summed E-state index contributed by atoms with van der Waals surface area (Å²) in [4.78, 5) is 0. The Bertz CT molecular complexity index is 540. The van der Waals surface area contributed by atoms with E-state index in [9.17, 15) is 0 Å². The standard InChI is InChI=1S/C16H14O/c1-2-7-13(8-3-1)14-10-6-12-17-16-11-5-4-9-15(14)16/h1-5,7-11H,6,12H2. The van der Waals surface area contributed by atoms with Gasteiger partial charge in [0, 0.05) is 12.0 Å². The second-order valence-electron chi connectivity index (χ2n) is 4.12. The van der Waals surface area contributed by atoms with Crippen molar-refractivity contribution in [3.8, 4) is 5.75 Å². The van der Waals surface area contributed by atoms with Crippen molar-refractivity contribution in [2.24, 2.45) is 0 Å². The van der Waals surface area contributed by atoms with E-state index in [4.69, 9.17) is 4.74 Å². The molecule has 2 aromatic carbocycles. The molecule has 0 saturated heterocycles. The van der Waals surface area contributed by atoms with E-state index in [-0.39, 0.29) is 0 Å². The van der Waals surface area contributed by atoms with Crippen LogP contribution in [-0.2, 0) is 0 Å². The molecule has 0 aliphatic carbocycles. The van der Waals surface area contributed by atoms with Gasteiger partial charge in [-0.25, -0.2) is 0 Å². The van der Waals surface area contributed by atoms with E-state index in [2.05, 4.69) is 42.5 Å². The van der Waals surface area contributed by atoms with Gasteiger partial charge in [0.1, 0.15) is 5.75 Å². The lowest BCUT2D eigenvalue weighted by molar-refractivity contribution is 0.326. The minimum absolute atomic E-state index is 0.757. The molecular formula is C16H14O. The fourth-order valence-electron chi connectivity index (χ4n) is 2.19. The van der Waals surface area contributed by atoms with Crippen LogP contribution in [0, 0.1) is 0 Å². The number of hydrogen-bond donors (Lipinski definition) is 0. The Balaban J connectivity index is 2.14. The topological polar surface area (TPSA) is 9.23 Å². The third-order valence-electron chi connectivity index (χ3n) is 2.99. The Hall–Kier alpha value is -2.02. The summed E-state index contributed by atoms with van der Waals surface area (Å²) < 4.78 is 5.75. The van der Waals surface area contributed by atoms with Crippen molar-refractivity contribution in [3.63, 3.8) is 0 Å². The molecule has 0 amide bonds. The van der Waals surface area contributed by atoms with Crippen LogP contribution >= 0.6 is 0 Å². The van der Waals surface area contributed by atoms with Crippen LogP contribution in [0.15, 0.2) is 60.7 Å². The van der Waals surface area contributed by atoms with Gasteiger partial charge in [-0.1, -0.05) is 54.6 Å². The second-order valence-corrected chi connectivity index (χ2v) is 4.12. The summed E-state index contributed by atoms with van der Waals surface area (Å²) in [6, 6.07) is 18.7. The van der Waals surface area contributed by atoms with Crippen LogP contribution in [0.2, 0.25) is 0 Å². The zero-order chi connectivity index (χ0) is 11.5. The molecular weight excluding hydrogens is 208 g/mol. The van der Waals surface area contributed by atoms with Gasteiger partial charge in [0.15, 0.2) is 0 Å². The first kappa shape index (κ1) is 10.2. The highest BCUT2D eigenvalue weighted by Crippen LogP contribution is 2.33. The second kappa shape index (κ2) is 4.46. The van der Waals surface area contributed by atoms with Crippen molar-refractivity contribution in [1.29, 1.82) is 0 Å². The summed E-state index contributed by atoms with van der Waals surface area (Å²) in [6.07, 6.45) is 3.22. The van der Waals surface area contributed by atoms with Crippen molar-refractivity contribution in [3.05, 3.63) is 71.8 Å². The summed E-state index contributed by atoms with van der Waals surface area (Å²) >= 11 is 0. The molecule has 0 spiro atoms. The smallest absolute Gasteiger partial charge is 0.127 e. The van der Waals surface area contributed by atoms with Gasteiger partial charge >= 0.3 is 0 Å². The number of benzene rings is 2. The molecule has 0 atom stereocenters. The van der Waals surface area contributed by atoms with Crippen molar-refractivity contribution < 1.29 is 4.74 Å². The zero-order valence-electron chi connectivity index (χ0n) is 9.60. The molecule has 0 saturated carbocycles. The first-order chi connectivity index (χ1) is 8.45. The van der Waals surface area contributed by atoms with Crippen LogP contribution in [0.5, 0.6) is 5.75 Å². The number of rotatable bonds is 1. The van der Waals surface area contributed by atoms with E-state index < -0.39 is 0 Å². The Labute approximate surface area is 101 Å². The molecule has 0 fully saturated rings. The van der Waals surface area contributed by atoms with Crippen molar-refractivity contribution >= 4 is 5.57 Å². The molecule has 1 aliphatic rings. The third kappa shape index (κ3) is 1.96. The molecule has 2 aromatic rings. The van der Waals surface area contributed by atoms with Crippen LogP contribution in [0.3, 0.4) is 0 Å². The van der Waals surface area contributed by atoms with E-state index in [1.165, 1.54) is 16.7 Å². The summed E-state index contributed by atoms with van der Waals surface area (Å²) in [5.41, 5.74) is 3.72. The molecule has 0 N–H and O–H groups in total. The van der Waals surface area contributed by atoms with Crippen molar-refractivity contribution in [2.75, 3.05) is 6.61 Å². The fraction of sp³-hybridized carbons (Fsp3) is 0.125. The third-order valence-corrected chi connectivity index (χ3v) is 2.99. The molecule has 1 nitrogen and oxygen atoms in total. The van der Waals surface area contributed by atoms with Crippen LogP contribution < -0.4 is 4.74 Å². The SMILES string of the molecule is C1=C(c2ccccc2)c2ccccc2OCC1. The molecule has 0 aromatic heterocycles. The molecule has 1 heterocycles. The fourth-order valence-corrected chi connectivity index (χ4v) is 2.19.